The molecule has 0 radical (unpaired) electrons. The van der Waals surface area contributed by atoms with Crippen LogP contribution < -0.4 is 0 Å². The van der Waals surface area contributed by atoms with E-state index in [0.29, 0.717) is 5.82 Å². The van der Waals surface area contributed by atoms with E-state index < -0.39 is 6.10 Å². The molecule has 0 unspecified atom stereocenters. The highest BCUT2D eigenvalue weighted by Crippen LogP contribution is 2.41. The van der Waals surface area contributed by atoms with Gasteiger partial charge in [-0.05, 0) is 53.9 Å². The van der Waals surface area contributed by atoms with E-state index >= 15 is 0 Å². The first-order valence-electron chi connectivity index (χ1n) is 10.8. The average Bonchev–Trinajstić information content (AvgIpc) is 3.23. The van der Waals surface area contributed by atoms with Crippen molar-refractivity contribution in [1.29, 1.82) is 0 Å². The first-order chi connectivity index (χ1) is 14.5. The molecular formula is C26H30N2O2. The third-order valence-electron chi connectivity index (χ3n) is 6.13. The van der Waals surface area contributed by atoms with Crippen LogP contribution in [0.3, 0.4) is 0 Å². The molecule has 0 bridgehead atoms. The Morgan fingerprint density at radius 1 is 1.07 bits per heavy atom. The van der Waals surface area contributed by atoms with Gasteiger partial charge in [0.05, 0.1) is 12.6 Å². The fraction of sp³-hybridized carbons (Fsp3) is 0.346. The molecule has 1 heterocycles. The summed E-state index contributed by atoms with van der Waals surface area (Å²) in [4.78, 5) is 4.18. The van der Waals surface area contributed by atoms with Crippen LogP contribution in [0.1, 0.15) is 61.7 Å². The summed E-state index contributed by atoms with van der Waals surface area (Å²) in [6, 6.07) is 17.2. The zero-order chi connectivity index (χ0) is 21.1. The van der Waals surface area contributed by atoms with E-state index in [1.807, 2.05) is 12.2 Å². The molecule has 1 aliphatic rings. The molecule has 0 spiro atoms. The molecule has 4 rings (SSSR count). The SMILES string of the molecule is CC1CC(c2ccc(-c3ccc(/C=C/[C@@H](CO)n4ccnc4[C@H](C)O)cc3)cc2)C1. The normalized spacial score (nSPS) is 20.8. The van der Waals surface area contributed by atoms with Gasteiger partial charge in [-0.2, -0.15) is 0 Å². The average molecular weight is 403 g/mol. The third-order valence-corrected chi connectivity index (χ3v) is 6.13. The van der Waals surface area contributed by atoms with Gasteiger partial charge in [0.25, 0.3) is 0 Å². The van der Waals surface area contributed by atoms with Gasteiger partial charge < -0.3 is 14.8 Å². The number of imidazole rings is 1. The van der Waals surface area contributed by atoms with Crippen LogP contribution in [0.5, 0.6) is 0 Å². The van der Waals surface area contributed by atoms with Crippen LogP contribution in [-0.4, -0.2) is 26.4 Å². The first kappa shape index (κ1) is 20.6. The maximum absolute atomic E-state index is 9.85. The van der Waals surface area contributed by atoms with E-state index in [9.17, 15) is 10.2 Å². The minimum atomic E-state index is -0.680. The lowest BCUT2D eigenvalue weighted by Gasteiger charge is -2.33. The summed E-state index contributed by atoms with van der Waals surface area (Å²) in [6.07, 6.45) is 9.31. The number of hydrogen-bond acceptors (Lipinski definition) is 3. The highest BCUT2D eigenvalue weighted by Gasteiger charge is 2.26. The fourth-order valence-corrected chi connectivity index (χ4v) is 4.30. The number of benzene rings is 2. The first-order valence-corrected chi connectivity index (χ1v) is 10.8. The van der Waals surface area contributed by atoms with Crippen molar-refractivity contribution in [1.82, 2.24) is 9.55 Å². The second kappa shape index (κ2) is 8.99. The van der Waals surface area contributed by atoms with Crippen LogP contribution in [0, 0.1) is 5.92 Å². The molecule has 1 saturated carbocycles. The predicted octanol–water partition coefficient (Wildman–Crippen LogP) is 5.36. The molecule has 2 aromatic carbocycles. The lowest BCUT2D eigenvalue weighted by molar-refractivity contribution is 0.175. The zero-order valence-corrected chi connectivity index (χ0v) is 17.6. The van der Waals surface area contributed by atoms with Crippen molar-refractivity contribution in [2.45, 2.75) is 44.8 Å². The monoisotopic (exact) mass is 402 g/mol. The molecule has 0 aliphatic heterocycles. The van der Waals surface area contributed by atoms with Crippen LogP contribution >= 0.6 is 0 Å². The van der Waals surface area contributed by atoms with Crippen molar-refractivity contribution < 1.29 is 10.2 Å². The fourth-order valence-electron chi connectivity index (χ4n) is 4.30. The second-order valence-electron chi connectivity index (χ2n) is 8.50. The Morgan fingerprint density at radius 3 is 2.27 bits per heavy atom. The summed E-state index contributed by atoms with van der Waals surface area (Å²) in [5.74, 6) is 2.16. The van der Waals surface area contributed by atoms with Gasteiger partial charge in [0.2, 0.25) is 0 Å². The molecule has 1 aromatic heterocycles. The number of aliphatic hydroxyl groups excluding tert-OH is 2. The Morgan fingerprint density at radius 2 is 1.70 bits per heavy atom. The van der Waals surface area contributed by atoms with Gasteiger partial charge in [-0.15, -0.1) is 0 Å². The minimum Gasteiger partial charge on any atom is -0.394 e. The van der Waals surface area contributed by atoms with E-state index in [0.717, 1.165) is 17.4 Å². The largest absolute Gasteiger partial charge is 0.394 e. The van der Waals surface area contributed by atoms with Crippen LogP contribution in [0.2, 0.25) is 0 Å². The quantitative estimate of drug-likeness (QED) is 0.559. The standard InChI is InChI=1S/C26H30N2O2/c1-18-15-24(16-18)23-10-8-22(9-11-23)21-6-3-20(4-7-21)5-12-25(17-29)28-14-13-27-26(28)19(2)30/h3-14,18-19,24-25,29-30H,15-17H2,1-2H3/b12-5+/t18?,19-,24?,25-/m0/s1. The van der Waals surface area contributed by atoms with Gasteiger partial charge >= 0.3 is 0 Å². The molecule has 30 heavy (non-hydrogen) atoms. The van der Waals surface area contributed by atoms with Crippen LogP contribution in [0.25, 0.3) is 17.2 Å². The minimum absolute atomic E-state index is 0.0587. The number of hydrogen-bond donors (Lipinski definition) is 2. The predicted molar refractivity (Wildman–Crippen MR) is 121 cm³/mol. The molecule has 2 atom stereocenters. The van der Waals surface area contributed by atoms with Gasteiger partial charge in [0, 0.05) is 12.4 Å². The van der Waals surface area contributed by atoms with Crippen molar-refractivity contribution in [3.05, 3.63) is 84.0 Å². The maximum Gasteiger partial charge on any atom is 0.137 e. The van der Waals surface area contributed by atoms with Gasteiger partial charge in [-0.3, -0.25) is 0 Å². The van der Waals surface area contributed by atoms with Crippen molar-refractivity contribution in [2.24, 2.45) is 5.92 Å². The Kier molecular flexibility index (Phi) is 6.16. The maximum atomic E-state index is 9.85. The van der Waals surface area contributed by atoms with Gasteiger partial charge in [0.1, 0.15) is 11.9 Å². The second-order valence-corrected chi connectivity index (χ2v) is 8.50. The Labute approximate surface area is 178 Å². The van der Waals surface area contributed by atoms with E-state index in [2.05, 4.69) is 60.4 Å². The smallest absolute Gasteiger partial charge is 0.137 e. The molecule has 0 saturated heterocycles. The molecule has 1 aliphatic carbocycles. The van der Waals surface area contributed by atoms with E-state index in [1.54, 1.807) is 23.9 Å². The molecule has 4 nitrogen and oxygen atoms in total. The van der Waals surface area contributed by atoms with Crippen LogP contribution in [0.15, 0.2) is 67.0 Å². The van der Waals surface area contributed by atoms with Crippen molar-refractivity contribution in [3.8, 4) is 11.1 Å². The van der Waals surface area contributed by atoms with Crippen LogP contribution in [0.4, 0.5) is 0 Å². The highest BCUT2D eigenvalue weighted by atomic mass is 16.3. The summed E-state index contributed by atoms with van der Waals surface area (Å²) in [7, 11) is 0. The summed E-state index contributed by atoms with van der Waals surface area (Å²) in [6.45, 7) is 3.94. The summed E-state index contributed by atoms with van der Waals surface area (Å²) in [5, 5.41) is 19.6. The van der Waals surface area contributed by atoms with E-state index in [-0.39, 0.29) is 12.6 Å². The Hall–Kier alpha value is -2.69. The number of nitrogens with zero attached hydrogens (tertiary/aromatic N) is 2. The van der Waals surface area contributed by atoms with Crippen molar-refractivity contribution in [3.63, 3.8) is 0 Å². The molecule has 156 valence electrons. The highest BCUT2D eigenvalue weighted by molar-refractivity contribution is 5.66. The molecule has 2 N–H and O–H groups in total. The third kappa shape index (κ3) is 4.40. The van der Waals surface area contributed by atoms with Gasteiger partial charge in [-0.25, -0.2) is 4.98 Å². The topological polar surface area (TPSA) is 58.3 Å². The van der Waals surface area contributed by atoms with Gasteiger partial charge in [-0.1, -0.05) is 67.6 Å². The molecular weight excluding hydrogens is 372 g/mol. The van der Waals surface area contributed by atoms with E-state index in [4.69, 9.17) is 0 Å². The summed E-state index contributed by atoms with van der Waals surface area (Å²) < 4.78 is 1.81. The van der Waals surface area contributed by atoms with Crippen molar-refractivity contribution in [2.75, 3.05) is 6.61 Å². The summed E-state index contributed by atoms with van der Waals surface area (Å²) >= 11 is 0. The number of rotatable bonds is 7. The summed E-state index contributed by atoms with van der Waals surface area (Å²) in [5.41, 5.74) is 4.96. The lowest BCUT2D eigenvalue weighted by atomic mass is 9.72. The van der Waals surface area contributed by atoms with Crippen LogP contribution in [-0.2, 0) is 0 Å². The number of aromatic nitrogens is 2. The van der Waals surface area contributed by atoms with Gasteiger partial charge in [0.15, 0.2) is 0 Å². The van der Waals surface area contributed by atoms with Crippen molar-refractivity contribution >= 4 is 6.08 Å². The van der Waals surface area contributed by atoms with E-state index in [1.165, 1.54) is 29.5 Å². The zero-order valence-electron chi connectivity index (χ0n) is 17.6. The molecule has 0 amide bonds. The molecule has 1 fully saturated rings. The lowest BCUT2D eigenvalue weighted by Crippen LogP contribution is -2.18. The molecule has 3 aromatic rings. The Bertz CT molecular complexity index is 981. The Balaban J connectivity index is 1.44. The molecule has 4 heteroatoms. The number of aliphatic hydroxyl groups is 2.